The average molecular weight is 1160 g/mol. The number of aromatic hydroxyl groups is 1. The molecule has 0 aromatic heterocycles. The summed E-state index contributed by atoms with van der Waals surface area (Å²) in [5.74, 6) is 1.23. The molecule has 9 nitrogen and oxygen atoms in total. The van der Waals surface area contributed by atoms with E-state index in [9.17, 15) is 28.9 Å². The molecule has 2 unspecified atom stereocenters. The predicted molar refractivity (Wildman–Crippen MR) is 328 cm³/mol. The van der Waals surface area contributed by atoms with Crippen molar-refractivity contribution in [3.05, 3.63) is 93.0 Å². The van der Waals surface area contributed by atoms with Gasteiger partial charge in [-0.3, -0.25) is 14.7 Å². The van der Waals surface area contributed by atoms with Crippen molar-refractivity contribution in [1.29, 1.82) is 0 Å². The molecule has 0 heterocycles. The summed E-state index contributed by atoms with van der Waals surface area (Å²) in [5.41, 5.74) is 2.77. The van der Waals surface area contributed by atoms with Gasteiger partial charge in [0.15, 0.2) is 0 Å². The van der Waals surface area contributed by atoms with Crippen LogP contribution in [0.25, 0.3) is 0 Å². The smallest absolute Gasteiger partial charge is 0.507 e. The van der Waals surface area contributed by atoms with E-state index < -0.39 is 48.1 Å². The van der Waals surface area contributed by atoms with E-state index >= 15 is 0 Å². The number of phosphoric acid groups is 2. The second kappa shape index (κ2) is 22.3. The fourth-order valence-electron chi connectivity index (χ4n) is 8.81. The van der Waals surface area contributed by atoms with E-state index in [1.165, 1.54) is 0 Å². The Kier molecular flexibility index (Phi) is 19.5. The molecule has 0 aliphatic rings. The van der Waals surface area contributed by atoms with Crippen LogP contribution in [0.2, 0.25) is 0 Å². The molecule has 0 aliphatic carbocycles. The van der Waals surface area contributed by atoms with E-state index in [1.807, 2.05) is 53.7 Å². The Labute approximate surface area is 476 Å². The minimum absolute atomic E-state index is 0.0405. The monoisotopic (exact) mass is 1160 g/mol. The molecule has 0 aliphatic heterocycles. The van der Waals surface area contributed by atoms with Crippen molar-refractivity contribution in [1.82, 2.24) is 0 Å². The fraction of sp³-hybridized carbons (Fsp3) is 0.607. The minimum Gasteiger partial charge on any atom is -0.507 e. The Hall–Kier alpha value is -2.18. The van der Waals surface area contributed by atoms with Crippen molar-refractivity contribution in [3.63, 3.8) is 0 Å². The number of rotatable bonds is 14. The van der Waals surface area contributed by atoms with Gasteiger partial charge in [0.05, 0.1) is 8.66 Å². The van der Waals surface area contributed by atoms with Gasteiger partial charge in [0.25, 0.3) is 0 Å². The number of hydrogen-bond donors (Lipinski definition) is 4. The van der Waals surface area contributed by atoms with Crippen LogP contribution in [0.1, 0.15) is 231 Å². The van der Waals surface area contributed by atoms with Gasteiger partial charge in [-0.15, -0.1) is 47.0 Å². The fourth-order valence-corrected chi connectivity index (χ4v) is 15.1. The maximum Gasteiger partial charge on any atom is 0.584 e. The van der Waals surface area contributed by atoms with Gasteiger partial charge in [-0.2, -0.15) is 0 Å². The largest absolute Gasteiger partial charge is 0.584 e. The van der Waals surface area contributed by atoms with Crippen molar-refractivity contribution in [2.45, 2.75) is 259 Å². The quantitative estimate of drug-likeness (QED) is 0.0541. The Morgan fingerprint density at radius 1 is 0.368 bits per heavy atom. The predicted octanol–water partition coefficient (Wildman–Crippen LogP) is 19.7. The lowest BCUT2D eigenvalue weighted by Gasteiger charge is -2.34. The molecule has 0 radical (unpaired) electrons. The van der Waals surface area contributed by atoms with Gasteiger partial charge in [-0.25, -0.2) is 9.13 Å². The molecule has 15 heteroatoms. The third-order valence-corrected chi connectivity index (χ3v) is 18.6. The maximum absolute atomic E-state index is 15.0. The first-order valence-corrected chi connectivity index (χ1v) is 32.7. The first-order chi connectivity index (χ1) is 33.6. The third-order valence-electron chi connectivity index (χ3n) is 12.7. The van der Waals surface area contributed by atoms with Crippen LogP contribution in [0.4, 0.5) is 0 Å². The zero-order valence-electron chi connectivity index (χ0n) is 51.1. The van der Waals surface area contributed by atoms with Crippen molar-refractivity contribution in [2.24, 2.45) is 0 Å². The summed E-state index contributed by atoms with van der Waals surface area (Å²) in [7, 11) is -9.77. The summed E-state index contributed by atoms with van der Waals surface area (Å²) in [6.45, 7) is 56.3. The third kappa shape index (κ3) is 17.7. The highest BCUT2D eigenvalue weighted by Crippen LogP contribution is 2.57. The number of hydrogen-bond acceptors (Lipinski definition) is 10. The summed E-state index contributed by atoms with van der Waals surface area (Å²) in [6, 6.07) is 16.5. The Morgan fingerprint density at radius 2 is 0.579 bits per heavy atom. The molecule has 0 spiro atoms. The maximum atomic E-state index is 15.0. The molecule has 0 fully saturated rings. The van der Waals surface area contributed by atoms with E-state index in [0.29, 0.717) is 28.4 Å². The highest BCUT2D eigenvalue weighted by Gasteiger charge is 2.40. The lowest BCUT2D eigenvalue weighted by atomic mass is 9.79. The van der Waals surface area contributed by atoms with E-state index in [2.05, 4.69) is 182 Å². The normalized spacial score (nSPS) is 15.1. The van der Waals surface area contributed by atoms with E-state index in [1.54, 1.807) is 47.0 Å². The highest BCUT2D eigenvalue weighted by atomic mass is 32.2. The summed E-state index contributed by atoms with van der Waals surface area (Å²) < 4.78 is 45.2. The molecule has 4 aromatic carbocycles. The summed E-state index contributed by atoms with van der Waals surface area (Å²) in [6.07, 6.45) is 0. The van der Waals surface area contributed by atoms with Crippen molar-refractivity contribution < 1.29 is 42.5 Å². The second-order valence-electron chi connectivity index (χ2n) is 29.0. The summed E-state index contributed by atoms with van der Waals surface area (Å²) >= 11 is 6.79. The number of phenolic OH excluding ortho intramolecular Hbond substituents is 1. The van der Waals surface area contributed by atoms with E-state index in [-0.39, 0.29) is 25.2 Å². The highest BCUT2D eigenvalue weighted by molar-refractivity contribution is 8.18. The van der Waals surface area contributed by atoms with Gasteiger partial charge in [-0.1, -0.05) is 166 Å². The van der Waals surface area contributed by atoms with Crippen LogP contribution in [0.3, 0.4) is 0 Å². The lowest BCUT2D eigenvalue weighted by molar-refractivity contribution is 0.276. The topological polar surface area (TPSA) is 143 Å². The molecule has 426 valence electrons. The van der Waals surface area contributed by atoms with Gasteiger partial charge < -0.3 is 18.7 Å². The van der Waals surface area contributed by atoms with Crippen molar-refractivity contribution in [2.75, 3.05) is 0 Å². The van der Waals surface area contributed by atoms with Crippen LogP contribution in [0.5, 0.6) is 23.0 Å². The molecule has 0 amide bonds. The van der Waals surface area contributed by atoms with Gasteiger partial charge in [0.1, 0.15) is 23.0 Å². The molecular weight excluding hydrogens is 1070 g/mol. The molecule has 4 aromatic rings. The molecule has 0 bridgehead atoms. The average Bonchev–Trinajstić information content (AvgIpc) is 3.15. The van der Waals surface area contributed by atoms with Gasteiger partial charge >= 0.3 is 15.6 Å². The van der Waals surface area contributed by atoms with Crippen molar-refractivity contribution >= 4 is 62.7 Å². The first kappa shape index (κ1) is 66.3. The van der Waals surface area contributed by atoms with Crippen LogP contribution in [-0.2, 0) is 52.5 Å². The van der Waals surface area contributed by atoms with Crippen LogP contribution in [0, 0.1) is 0 Å². The Morgan fingerprint density at radius 3 is 0.803 bits per heavy atom. The van der Waals surface area contributed by atoms with Crippen LogP contribution < -0.4 is 13.6 Å². The van der Waals surface area contributed by atoms with Gasteiger partial charge in [0.2, 0.25) is 0 Å². The van der Waals surface area contributed by atoms with E-state index in [0.717, 1.165) is 53.0 Å². The first-order valence-electron chi connectivity index (χ1n) is 26.2. The molecule has 76 heavy (non-hydrogen) atoms. The number of thioether (sulfide) groups is 4. The molecule has 0 saturated heterocycles. The molecule has 2 atom stereocenters. The van der Waals surface area contributed by atoms with Crippen LogP contribution in [-0.4, -0.2) is 28.4 Å². The number of phosphoric ester groups is 2. The van der Waals surface area contributed by atoms with Crippen molar-refractivity contribution in [3.8, 4) is 23.0 Å². The number of phenols is 1. The van der Waals surface area contributed by atoms with E-state index in [4.69, 9.17) is 13.6 Å². The summed E-state index contributed by atoms with van der Waals surface area (Å²) in [4.78, 5) is 36.1. The number of benzene rings is 4. The SMILES string of the molecule is CC(Sc1cc(C(C)(C)C)c(OP(=O)(O)O)c(C(C)(C)C)c1)Sc1cc(C(C)(C)C)c(OP(=O)(O)Oc2c(C(C)(C)C)cc(SC(C)(C)Sc3cc(C(C)(C)C)c(O)c(C(C)(C)C)c3)cc2C(C)(C)C)c(C(C)(C)C)c1. The molecule has 4 N–H and O–H groups in total. The standard InChI is InChI=1S/C61H94O9P2S4/c1-36(73-37-28-43(55(8,9)10)50(68-71(63,64)65)44(29-37)56(11,12)13)74-38-30-45(57(14,15)16)51(46(31-38)58(17,18)19)69-72(66,67)70-52-47(59(20,21)22)34-40(35-48(52)60(23,24)25)76-61(26,27)75-39-32-41(53(2,3)4)49(62)42(33-39)54(5,6)7/h28-36,62H,1-27H3,(H,66,67)(H2,63,64,65). The molecule has 4 rings (SSSR count). The Bertz CT molecular complexity index is 2720. The molecule has 0 saturated carbocycles. The van der Waals surface area contributed by atoms with Crippen LogP contribution >= 0.6 is 62.7 Å². The van der Waals surface area contributed by atoms with Gasteiger partial charge in [0, 0.05) is 64.1 Å². The Balaban J connectivity index is 1.82. The summed E-state index contributed by atoms with van der Waals surface area (Å²) in [5, 5.41) is 11.5. The zero-order valence-corrected chi connectivity index (χ0v) is 56.1. The molecular formula is C61H94O9P2S4. The minimum atomic E-state index is -4.91. The van der Waals surface area contributed by atoms with Gasteiger partial charge in [-0.05, 0) is 113 Å². The zero-order chi connectivity index (χ0) is 58.9. The lowest BCUT2D eigenvalue weighted by Crippen LogP contribution is -2.22. The second-order valence-corrected chi connectivity index (χ2v) is 38.3. The van der Waals surface area contributed by atoms with Crippen LogP contribution in [0.15, 0.2) is 68.1 Å².